The molecule has 0 aliphatic carbocycles. The number of amides is 1. The summed E-state index contributed by atoms with van der Waals surface area (Å²) in [5.74, 6) is 0.195. The van der Waals surface area contributed by atoms with Gasteiger partial charge in [0.05, 0.1) is 24.1 Å². The molecule has 0 unspecified atom stereocenters. The summed E-state index contributed by atoms with van der Waals surface area (Å²) in [6.07, 6.45) is 0. The fraction of sp³-hybridized carbons (Fsp3) is 0.158. The highest BCUT2D eigenvalue weighted by atomic mass is 19.1. The molecule has 0 saturated carbocycles. The highest BCUT2D eigenvalue weighted by Crippen LogP contribution is 2.19. The van der Waals surface area contributed by atoms with Crippen molar-refractivity contribution < 1.29 is 9.18 Å². The van der Waals surface area contributed by atoms with Crippen molar-refractivity contribution in [3.8, 4) is 0 Å². The van der Waals surface area contributed by atoms with Crippen LogP contribution in [0.2, 0.25) is 0 Å². The fourth-order valence-corrected chi connectivity index (χ4v) is 2.54. The number of halogens is 1. The first-order valence-corrected chi connectivity index (χ1v) is 7.67. The molecule has 0 spiro atoms. The van der Waals surface area contributed by atoms with Crippen LogP contribution in [-0.2, 0) is 17.9 Å². The van der Waals surface area contributed by atoms with Crippen LogP contribution in [0.3, 0.4) is 0 Å². The lowest BCUT2D eigenvalue weighted by molar-refractivity contribution is -0.117. The van der Waals surface area contributed by atoms with Crippen molar-refractivity contribution in [1.29, 1.82) is 0 Å². The zero-order chi connectivity index (χ0) is 17.1. The molecule has 1 aromatic heterocycles. The summed E-state index contributed by atoms with van der Waals surface area (Å²) in [5, 5.41) is 2.78. The Morgan fingerprint density at radius 1 is 1.21 bits per heavy atom. The molecule has 0 fully saturated rings. The predicted molar refractivity (Wildman–Crippen MR) is 91.9 cm³/mol. The molecule has 4 nitrogen and oxygen atoms in total. The topological polar surface area (TPSA) is 46.9 Å². The summed E-state index contributed by atoms with van der Waals surface area (Å²) in [6, 6.07) is 14.3. The van der Waals surface area contributed by atoms with Gasteiger partial charge in [0.25, 0.3) is 0 Å². The first-order chi connectivity index (χ1) is 11.6. The lowest BCUT2D eigenvalue weighted by Crippen LogP contribution is -2.25. The molecule has 2 aromatic carbocycles. The molecule has 24 heavy (non-hydrogen) atoms. The van der Waals surface area contributed by atoms with Gasteiger partial charge in [0.1, 0.15) is 11.6 Å². The summed E-state index contributed by atoms with van der Waals surface area (Å²) in [7, 11) is 0. The molecular weight excluding hydrogens is 305 g/mol. The number of nitrogens with zero attached hydrogens (tertiary/aromatic N) is 2. The number of fused-ring (bicyclic) bond motifs is 1. The summed E-state index contributed by atoms with van der Waals surface area (Å²) < 4.78 is 15.9. The van der Waals surface area contributed by atoms with Crippen LogP contribution in [0, 0.1) is 5.82 Å². The average molecular weight is 323 g/mol. The predicted octanol–water partition coefficient (Wildman–Crippen LogP) is 3.42. The van der Waals surface area contributed by atoms with Crippen LogP contribution in [0.5, 0.6) is 0 Å². The number of hydrogen-bond acceptors (Lipinski definition) is 2. The second kappa shape index (κ2) is 6.66. The van der Waals surface area contributed by atoms with E-state index in [4.69, 9.17) is 0 Å². The van der Waals surface area contributed by atoms with Crippen LogP contribution < -0.4 is 5.32 Å². The van der Waals surface area contributed by atoms with Crippen molar-refractivity contribution in [2.75, 3.05) is 0 Å². The minimum absolute atomic E-state index is 0.223. The number of nitrogens with one attached hydrogen (secondary N) is 1. The Morgan fingerprint density at radius 2 is 1.92 bits per heavy atom. The van der Waals surface area contributed by atoms with Crippen LogP contribution in [0.1, 0.15) is 18.3 Å². The van der Waals surface area contributed by atoms with Crippen molar-refractivity contribution in [1.82, 2.24) is 14.9 Å². The zero-order valence-corrected chi connectivity index (χ0v) is 13.4. The number of carbonyl (C=O) groups excluding carboxylic acids is 1. The summed E-state index contributed by atoms with van der Waals surface area (Å²) in [5.41, 5.74) is 2.73. The van der Waals surface area contributed by atoms with Gasteiger partial charge < -0.3 is 9.88 Å². The van der Waals surface area contributed by atoms with E-state index in [1.165, 1.54) is 6.07 Å². The van der Waals surface area contributed by atoms with E-state index in [-0.39, 0.29) is 18.3 Å². The standard InChI is InChI=1S/C19H18FN3O/c1-13(2)19(24)21-11-18-22-16-9-5-6-10-17(16)23(18)12-14-7-3-4-8-15(14)20/h3-10H,1,11-12H2,2H3,(H,21,24). The summed E-state index contributed by atoms with van der Waals surface area (Å²) in [4.78, 5) is 16.3. The van der Waals surface area contributed by atoms with E-state index in [9.17, 15) is 9.18 Å². The summed E-state index contributed by atoms with van der Waals surface area (Å²) >= 11 is 0. The van der Waals surface area contributed by atoms with Gasteiger partial charge in [-0.3, -0.25) is 4.79 Å². The maximum atomic E-state index is 14.0. The SMILES string of the molecule is C=C(C)C(=O)NCc1nc2ccccc2n1Cc1ccccc1F. The molecule has 0 aliphatic heterocycles. The first-order valence-electron chi connectivity index (χ1n) is 7.67. The van der Waals surface area contributed by atoms with Gasteiger partial charge >= 0.3 is 0 Å². The molecule has 3 aromatic rings. The third-order valence-electron chi connectivity index (χ3n) is 3.81. The molecule has 1 heterocycles. The molecule has 0 aliphatic rings. The maximum absolute atomic E-state index is 14.0. The van der Waals surface area contributed by atoms with Crippen molar-refractivity contribution in [3.63, 3.8) is 0 Å². The molecule has 1 N–H and O–H groups in total. The Kier molecular flexibility index (Phi) is 4.42. The zero-order valence-electron chi connectivity index (χ0n) is 13.4. The smallest absolute Gasteiger partial charge is 0.246 e. The maximum Gasteiger partial charge on any atom is 0.246 e. The normalized spacial score (nSPS) is 10.8. The molecule has 5 heteroatoms. The Bertz CT molecular complexity index is 914. The monoisotopic (exact) mass is 323 g/mol. The number of para-hydroxylation sites is 2. The number of aromatic nitrogens is 2. The van der Waals surface area contributed by atoms with Crippen LogP contribution >= 0.6 is 0 Å². The van der Waals surface area contributed by atoms with Gasteiger partial charge in [-0.2, -0.15) is 0 Å². The van der Waals surface area contributed by atoms with Crippen LogP contribution in [0.4, 0.5) is 4.39 Å². The molecule has 1 amide bonds. The molecule has 0 saturated heterocycles. The van der Waals surface area contributed by atoms with Gasteiger partial charge in [-0.05, 0) is 25.1 Å². The lowest BCUT2D eigenvalue weighted by atomic mass is 10.2. The third kappa shape index (κ3) is 3.20. The van der Waals surface area contributed by atoms with Crippen molar-refractivity contribution >= 4 is 16.9 Å². The van der Waals surface area contributed by atoms with E-state index in [1.807, 2.05) is 28.8 Å². The van der Waals surface area contributed by atoms with E-state index < -0.39 is 0 Å². The minimum Gasteiger partial charge on any atom is -0.345 e. The Labute approximate surface area is 139 Å². The number of carbonyl (C=O) groups is 1. The molecule has 122 valence electrons. The van der Waals surface area contributed by atoms with Gasteiger partial charge in [-0.15, -0.1) is 0 Å². The highest BCUT2D eigenvalue weighted by Gasteiger charge is 2.13. The molecule has 3 rings (SSSR count). The number of hydrogen-bond donors (Lipinski definition) is 1. The second-order valence-corrected chi connectivity index (χ2v) is 5.66. The Morgan fingerprint density at radius 3 is 2.67 bits per heavy atom. The van der Waals surface area contributed by atoms with Crippen LogP contribution in [0.15, 0.2) is 60.7 Å². The van der Waals surface area contributed by atoms with Gasteiger partial charge in [0.15, 0.2) is 0 Å². The first kappa shape index (κ1) is 15.9. The molecule has 0 radical (unpaired) electrons. The van der Waals surface area contributed by atoms with E-state index in [1.54, 1.807) is 25.1 Å². The van der Waals surface area contributed by atoms with Crippen molar-refractivity contribution in [3.05, 3.63) is 77.9 Å². The van der Waals surface area contributed by atoms with E-state index in [0.29, 0.717) is 23.5 Å². The van der Waals surface area contributed by atoms with Gasteiger partial charge in [-0.1, -0.05) is 36.9 Å². The molecule has 0 bridgehead atoms. The van der Waals surface area contributed by atoms with Gasteiger partial charge in [0.2, 0.25) is 5.91 Å². The lowest BCUT2D eigenvalue weighted by Gasteiger charge is -2.11. The third-order valence-corrected chi connectivity index (χ3v) is 3.81. The second-order valence-electron chi connectivity index (χ2n) is 5.66. The van der Waals surface area contributed by atoms with E-state index in [2.05, 4.69) is 16.9 Å². The highest BCUT2D eigenvalue weighted by molar-refractivity contribution is 5.92. The van der Waals surface area contributed by atoms with Crippen LogP contribution in [0.25, 0.3) is 11.0 Å². The van der Waals surface area contributed by atoms with E-state index in [0.717, 1.165) is 11.0 Å². The van der Waals surface area contributed by atoms with Gasteiger partial charge in [-0.25, -0.2) is 9.37 Å². The van der Waals surface area contributed by atoms with Crippen LogP contribution in [-0.4, -0.2) is 15.5 Å². The number of benzene rings is 2. The number of rotatable bonds is 5. The van der Waals surface area contributed by atoms with Crippen molar-refractivity contribution in [2.24, 2.45) is 0 Å². The number of imidazole rings is 1. The van der Waals surface area contributed by atoms with Crippen molar-refractivity contribution in [2.45, 2.75) is 20.0 Å². The quantitative estimate of drug-likeness (QED) is 0.731. The molecular formula is C19H18FN3O. The fourth-order valence-electron chi connectivity index (χ4n) is 2.54. The van der Waals surface area contributed by atoms with E-state index >= 15 is 0 Å². The summed E-state index contributed by atoms with van der Waals surface area (Å²) in [6.45, 7) is 5.88. The molecule has 0 atom stereocenters. The Balaban J connectivity index is 1.97. The largest absolute Gasteiger partial charge is 0.345 e. The average Bonchev–Trinajstić information content (AvgIpc) is 2.92. The minimum atomic E-state index is -0.257. The van der Waals surface area contributed by atoms with Gasteiger partial charge in [0, 0.05) is 11.1 Å². The Hall–Kier alpha value is -2.95.